The van der Waals surface area contributed by atoms with Gasteiger partial charge in [0, 0.05) is 31.7 Å². The average molecular weight is 579 g/mol. The zero-order valence-electron chi connectivity index (χ0n) is 24.7. The molecule has 0 aromatic heterocycles. The van der Waals surface area contributed by atoms with Crippen LogP contribution in [0, 0.1) is 11.3 Å². The molecule has 0 fully saturated rings. The van der Waals surface area contributed by atoms with Crippen molar-refractivity contribution in [3.8, 4) is 5.75 Å². The van der Waals surface area contributed by atoms with Crippen molar-refractivity contribution >= 4 is 19.2 Å². The first-order chi connectivity index (χ1) is 19.4. The molecular formula is C33H43N2O5P. The van der Waals surface area contributed by atoms with E-state index in [0.717, 1.165) is 28.0 Å². The van der Waals surface area contributed by atoms with Crippen LogP contribution >= 0.6 is 7.37 Å². The Morgan fingerprint density at radius 2 is 1.49 bits per heavy atom. The third-order valence-electron chi connectivity index (χ3n) is 7.20. The van der Waals surface area contributed by atoms with E-state index in [-0.39, 0.29) is 24.1 Å². The fourth-order valence-electron chi connectivity index (χ4n) is 4.90. The predicted octanol–water partition coefficient (Wildman–Crippen LogP) is 5.58. The molecule has 3 N–H and O–H groups in total. The fraction of sp³-hybridized carbons (Fsp3) is 0.394. The Bertz CT molecular complexity index is 1340. The minimum atomic E-state index is -3.74. The Morgan fingerprint density at radius 3 is 2.10 bits per heavy atom. The number of rotatable bonds is 13. The Hall–Kier alpha value is -3.41. The maximum absolute atomic E-state index is 13.5. The summed E-state index contributed by atoms with van der Waals surface area (Å²) < 4.78 is 19.0. The summed E-state index contributed by atoms with van der Waals surface area (Å²) >= 11 is 0. The van der Waals surface area contributed by atoms with Gasteiger partial charge >= 0.3 is 0 Å². The molecule has 0 aliphatic heterocycles. The van der Waals surface area contributed by atoms with Crippen LogP contribution in [0.15, 0.2) is 78.9 Å². The number of carbonyl (C=O) groups excluding carboxylic acids is 2. The molecule has 2 amide bonds. The first kappa shape index (κ1) is 32.1. The zero-order chi connectivity index (χ0) is 30.0. The van der Waals surface area contributed by atoms with Crippen molar-refractivity contribution in [3.05, 3.63) is 101 Å². The molecule has 3 aromatic carbocycles. The highest BCUT2D eigenvalue weighted by atomic mass is 31.2. The molecule has 0 aliphatic rings. The van der Waals surface area contributed by atoms with Gasteiger partial charge in [-0.3, -0.25) is 14.2 Å². The molecule has 0 saturated carbocycles. The number of hydrogen-bond donors (Lipinski definition) is 3. The van der Waals surface area contributed by atoms with Gasteiger partial charge < -0.3 is 20.3 Å². The SMILES string of the molecule is CNC(=O)C(NC(=O)C(CCc1ccccc1)CP(=O)(O)Cc1ccc(Cc2ccccc2OC)cc1)C(C)(C)C. The fourth-order valence-corrected chi connectivity index (χ4v) is 6.84. The van der Waals surface area contributed by atoms with Crippen LogP contribution < -0.4 is 15.4 Å². The molecule has 0 spiro atoms. The van der Waals surface area contributed by atoms with E-state index in [1.54, 1.807) is 7.11 Å². The molecule has 3 rings (SSSR count). The Kier molecular flexibility index (Phi) is 11.3. The molecule has 0 saturated heterocycles. The van der Waals surface area contributed by atoms with Crippen LogP contribution in [0.1, 0.15) is 49.4 Å². The maximum Gasteiger partial charge on any atom is 0.242 e. The van der Waals surface area contributed by atoms with Crippen LogP contribution in [-0.4, -0.2) is 43.1 Å². The molecule has 0 heterocycles. The van der Waals surface area contributed by atoms with Gasteiger partial charge in [0.1, 0.15) is 11.8 Å². The van der Waals surface area contributed by atoms with E-state index in [2.05, 4.69) is 10.6 Å². The van der Waals surface area contributed by atoms with Gasteiger partial charge in [-0.2, -0.15) is 0 Å². The lowest BCUT2D eigenvalue weighted by atomic mass is 9.85. The Labute approximate surface area is 244 Å². The number of carbonyl (C=O) groups is 2. The average Bonchev–Trinajstić information content (AvgIpc) is 2.94. The molecule has 3 atom stereocenters. The minimum Gasteiger partial charge on any atom is -0.496 e. The zero-order valence-corrected chi connectivity index (χ0v) is 25.6. The second-order valence-electron chi connectivity index (χ2n) is 11.6. The number of methoxy groups -OCH3 is 1. The van der Waals surface area contributed by atoms with Gasteiger partial charge in [-0.1, -0.05) is 93.6 Å². The lowest BCUT2D eigenvalue weighted by Crippen LogP contribution is -2.54. The largest absolute Gasteiger partial charge is 0.496 e. The Morgan fingerprint density at radius 1 is 0.878 bits per heavy atom. The van der Waals surface area contributed by atoms with Crippen molar-refractivity contribution in [3.63, 3.8) is 0 Å². The molecule has 3 unspecified atom stereocenters. The normalized spacial score (nSPS) is 14.4. The van der Waals surface area contributed by atoms with E-state index in [0.29, 0.717) is 19.3 Å². The lowest BCUT2D eigenvalue weighted by Gasteiger charge is -2.31. The first-order valence-electron chi connectivity index (χ1n) is 14.0. The second-order valence-corrected chi connectivity index (χ2v) is 14.0. The molecule has 0 aliphatic carbocycles. The monoisotopic (exact) mass is 578 g/mol. The molecule has 3 aromatic rings. The number of benzene rings is 3. The van der Waals surface area contributed by atoms with Crippen LogP contribution in [0.5, 0.6) is 5.75 Å². The highest BCUT2D eigenvalue weighted by molar-refractivity contribution is 7.57. The van der Waals surface area contributed by atoms with Crippen LogP contribution in [0.3, 0.4) is 0 Å². The summed E-state index contributed by atoms with van der Waals surface area (Å²) in [6.45, 7) is 5.63. The summed E-state index contributed by atoms with van der Waals surface area (Å²) in [5.74, 6) is -0.592. The summed E-state index contributed by atoms with van der Waals surface area (Å²) in [7, 11) is -0.556. The molecule has 0 bridgehead atoms. The highest BCUT2D eigenvalue weighted by Gasteiger charge is 2.36. The third kappa shape index (κ3) is 9.87. The van der Waals surface area contributed by atoms with Crippen LogP contribution in [-0.2, 0) is 33.2 Å². The molecule has 7 nitrogen and oxygen atoms in total. The number of aryl methyl sites for hydroxylation is 1. The van der Waals surface area contributed by atoms with E-state index in [9.17, 15) is 19.0 Å². The van der Waals surface area contributed by atoms with Gasteiger partial charge in [0.2, 0.25) is 19.2 Å². The maximum atomic E-state index is 13.5. The summed E-state index contributed by atoms with van der Waals surface area (Å²) in [4.78, 5) is 37.2. The van der Waals surface area contributed by atoms with E-state index in [1.165, 1.54) is 7.05 Å². The number of hydrogen-bond acceptors (Lipinski definition) is 4. The number of nitrogens with one attached hydrogen (secondary N) is 2. The number of para-hydroxylation sites is 1. The minimum absolute atomic E-state index is 0.0325. The number of ether oxygens (including phenoxy) is 1. The summed E-state index contributed by atoms with van der Waals surface area (Å²) in [6, 6.07) is 24.5. The summed E-state index contributed by atoms with van der Waals surface area (Å²) in [5.41, 5.74) is 3.37. The topological polar surface area (TPSA) is 105 Å². The van der Waals surface area contributed by atoms with Gasteiger partial charge in [-0.25, -0.2) is 0 Å². The predicted molar refractivity (Wildman–Crippen MR) is 164 cm³/mol. The smallest absolute Gasteiger partial charge is 0.242 e. The standard InChI is InChI=1S/C33H43N2O5P/c1-33(2,3)30(32(37)34-4)35-31(36)28(20-19-24-11-7-6-8-12-24)23-41(38,39)22-26-17-15-25(16-18-26)21-27-13-9-10-14-29(27)40-5/h6-18,28,30H,19-23H2,1-5H3,(H,34,37)(H,35,36)(H,38,39). The molecule has 8 heteroatoms. The summed E-state index contributed by atoms with van der Waals surface area (Å²) in [5, 5.41) is 5.49. The molecule has 41 heavy (non-hydrogen) atoms. The molecular weight excluding hydrogens is 535 g/mol. The highest BCUT2D eigenvalue weighted by Crippen LogP contribution is 2.47. The lowest BCUT2D eigenvalue weighted by molar-refractivity contribution is -0.133. The van der Waals surface area contributed by atoms with Crippen molar-refractivity contribution in [2.75, 3.05) is 20.3 Å². The van der Waals surface area contributed by atoms with Crippen LogP contribution in [0.2, 0.25) is 0 Å². The van der Waals surface area contributed by atoms with E-state index in [1.807, 2.05) is 99.6 Å². The first-order valence-corrected chi connectivity index (χ1v) is 16.0. The number of likely N-dealkylation sites (N-methyl/N-ethyl adjacent to an activating group) is 1. The van der Waals surface area contributed by atoms with E-state index in [4.69, 9.17) is 4.74 Å². The van der Waals surface area contributed by atoms with Gasteiger partial charge in [-0.15, -0.1) is 0 Å². The van der Waals surface area contributed by atoms with Gasteiger partial charge in [0.05, 0.1) is 7.11 Å². The third-order valence-corrected chi connectivity index (χ3v) is 9.07. The summed E-state index contributed by atoms with van der Waals surface area (Å²) in [6.07, 6.45) is 1.46. The van der Waals surface area contributed by atoms with E-state index >= 15 is 0 Å². The van der Waals surface area contributed by atoms with Crippen LogP contribution in [0.4, 0.5) is 0 Å². The van der Waals surface area contributed by atoms with Crippen molar-refractivity contribution in [2.45, 2.75) is 52.2 Å². The van der Waals surface area contributed by atoms with Gasteiger partial charge in [-0.05, 0) is 46.6 Å². The molecule has 0 radical (unpaired) electrons. The Balaban J connectivity index is 1.74. The van der Waals surface area contributed by atoms with Crippen LogP contribution in [0.25, 0.3) is 0 Å². The molecule has 220 valence electrons. The van der Waals surface area contributed by atoms with Gasteiger partial charge in [0.15, 0.2) is 0 Å². The van der Waals surface area contributed by atoms with Crippen molar-refractivity contribution in [1.82, 2.24) is 10.6 Å². The second kappa shape index (κ2) is 14.5. The van der Waals surface area contributed by atoms with Crippen molar-refractivity contribution in [1.29, 1.82) is 0 Å². The van der Waals surface area contributed by atoms with E-state index < -0.39 is 24.7 Å². The van der Waals surface area contributed by atoms with Crippen molar-refractivity contribution < 1.29 is 23.8 Å². The van der Waals surface area contributed by atoms with Gasteiger partial charge in [0.25, 0.3) is 0 Å². The number of amides is 2. The quantitative estimate of drug-likeness (QED) is 0.230. The van der Waals surface area contributed by atoms with Crippen molar-refractivity contribution in [2.24, 2.45) is 11.3 Å².